The Morgan fingerprint density at radius 2 is 1.43 bits per heavy atom. The molecule has 1 aliphatic carbocycles. The molecule has 3 fully saturated rings. The third-order valence-electron chi connectivity index (χ3n) is 9.89. The number of carbonyl (C=O) groups excluding carboxylic acids is 2. The molecule has 6 rings (SSSR count). The lowest BCUT2D eigenvalue weighted by Gasteiger charge is -2.41. The molecule has 2 aliphatic heterocycles. The third kappa shape index (κ3) is 7.75. The van der Waals surface area contributed by atoms with Crippen molar-refractivity contribution in [2.45, 2.75) is 69.7 Å². The van der Waals surface area contributed by atoms with Gasteiger partial charge in [-0.15, -0.1) is 0 Å². The van der Waals surface area contributed by atoms with Crippen molar-refractivity contribution < 1.29 is 9.59 Å². The number of nitrogens with zero attached hydrogens (tertiary/aromatic N) is 6. The Kier molecular flexibility index (Phi) is 10.0. The van der Waals surface area contributed by atoms with Crippen LogP contribution >= 0.6 is 0 Å². The maximum absolute atomic E-state index is 12.2. The van der Waals surface area contributed by atoms with E-state index in [2.05, 4.69) is 97.7 Å². The van der Waals surface area contributed by atoms with Gasteiger partial charge in [0.05, 0.1) is 11.9 Å². The van der Waals surface area contributed by atoms with Crippen molar-refractivity contribution in [1.29, 1.82) is 0 Å². The van der Waals surface area contributed by atoms with Crippen LogP contribution in [0.2, 0.25) is 0 Å². The highest BCUT2D eigenvalue weighted by atomic mass is 16.2. The SMILES string of the molecule is CN(CCN1CCN(c2cnn(C3CCC(=O)NC3=O)c2)CC1)C1CCC(N(Cc2ccccc2)Cc2ccccc2)CC1. The molecule has 1 atom stereocenters. The highest BCUT2D eigenvalue weighted by molar-refractivity contribution is 5.99. The summed E-state index contributed by atoms with van der Waals surface area (Å²) < 4.78 is 1.72. The predicted octanol–water partition coefficient (Wildman–Crippen LogP) is 3.93. The van der Waals surface area contributed by atoms with Gasteiger partial charge in [0.1, 0.15) is 6.04 Å². The fraction of sp³-hybridized carbons (Fsp3) is 0.514. The fourth-order valence-corrected chi connectivity index (χ4v) is 7.12. The van der Waals surface area contributed by atoms with E-state index < -0.39 is 6.04 Å². The van der Waals surface area contributed by atoms with Crippen molar-refractivity contribution in [2.24, 2.45) is 0 Å². The Bertz CT molecular complexity index is 1310. The van der Waals surface area contributed by atoms with Gasteiger partial charge in [-0.25, -0.2) is 0 Å². The second-order valence-electron chi connectivity index (χ2n) is 12.8. The molecule has 1 saturated carbocycles. The van der Waals surface area contributed by atoms with E-state index in [1.54, 1.807) is 4.68 Å². The molecule has 0 bridgehead atoms. The van der Waals surface area contributed by atoms with Gasteiger partial charge < -0.3 is 9.80 Å². The molecule has 0 radical (unpaired) electrons. The Hall–Kier alpha value is -3.53. The molecule has 2 amide bonds. The Morgan fingerprint density at radius 3 is 2.05 bits per heavy atom. The van der Waals surface area contributed by atoms with Gasteiger partial charge in [0.15, 0.2) is 0 Å². The van der Waals surface area contributed by atoms with Crippen LogP contribution in [0.4, 0.5) is 5.69 Å². The number of rotatable bonds is 11. The highest BCUT2D eigenvalue weighted by Crippen LogP contribution is 2.29. The number of likely N-dealkylation sites (N-methyl/N-ethyl adjacent to an activating group) is 1. The summed E-state index contributed by atoms with van der Waals surface area (Å²) in [7, 11) is 2.32. The molecule has 44 heavy (non-hydrogen) atoms. The summed E-state index contributed by atoms with van der Waals surface area (Å²) in [5.74, 6) is -0.451. The van der Waals surface area contributed by atoms with Crippen LogP contribution in [0, 0.1) is 0 Å². The molecule has 0 spiro atoms. The van der Waals surface area contributed by atoms with Crippen molar-refractivity contribution in [2.75, 3.05) is 51.2 Å². The second-order valence-corrected chi connectivity index (χ2v) is 12.8. The van der Waals surface area contributed by atoms with E-state index in [1.165, 1.54) is 36.8 Å². The van der Waals surface area contributed by atoms with Crippen molar-refractivity contribution in [3.8, 4) is 0 Å². The normalized spacial score (nSPS) is 23.3. The van der Waals surface area contributed by atoms with Crippen LogP contribution < -0.4 is 10.2 Å². The molecule has 1 aromatic heterocycles. The number of imide groups is 1. The van der Waals surface area contributed by atoms with E-state index in [9.17, 15) is 9.59 Å². The number of carbonyl (C=O) groups is 2. The van der Waals surface area contributed by atoms with E-state index in [1.807, 2.05) is 12.4 Å². The zero-order chi connectivity index (χ0) is 30.3. The summed E-state index contributed by atoms with van der Waals surface area (Å²) in [6.07, 6.45) is 9.69. The van der Waals surface area contributed by atoms with E-state index in [4.69, 9.17) is 0 Å². The largest absolute Gasteiger partial charge is 0.366 e. The number of nitrogens with one attached hydrogen (secondary N) is 1. The number of anilines is 1. The van der Waals surface area contributed by atoms with Crippen LogP contribution in [0.25, 0.3) is 0 Å². The maximum Gasteiger partial charge on any atom is 0.251 e. The number of hydrogen-bond donors (Lipinski definition) is 1. The zero-order valence-electron chi connectivity index (χ0n) is 26.1. The van der Waals surface area contributed by atoms with Crippen molar-refractivity contribution in [3.05, 3.63) is 84.2 Å². The molecule has 1 unspecified atom stereocenters. The van der Waals surface area contributed by atoms with Gasteiger partial charge in [-0.05, 0) is 50.3 Å². The Balaban J connectivity index is 0.941. The molecule has 1 N–H and O–H groups in total. The quantitative estimate of drug-likeness (QED) is 0.336. The lowest BCUT2D eigenvalue weighted by Crippen LogP contribution is -2.49. The zero-order valence-corrected chi connectivity index (χ0v) is 26.1. The number of aromatic nitrogens is 2. The van der Waals surface area contributed by atoms with Gasteiger partial charge in [0.2, 0.25) is 5.91 Å². The summed E-state index contributed by atoms with van der Waals surface area (Å²) in [6, 6.07) is 22.7. The molecule has 2 aromatic carbocycles. The Morgan fingerprint density at radius 1 is 0.818 bits per heavy atom. The Labute approximate surface area is 261 Å². The summed E-state index contributed by atoms with van der Waals surface area (Å²) in [4.78, 5) is 34.0. The minimum atomic E-state index is -0.399. The molecule has 2 saturated heterocycles. The van der Waals surface area contributed by atoms with Gasteiger partial charge >= 0.3 is 0 Å². The molecule has 234 valence electrons. The van der Waals surface area contributed by atoms with E-state index in [0.717, 1.165) is 58.0 Å². The smallest absolute Gasteiger partial charge is 0.251 e. The van der Waals surface area contributed by atoms with Crippen LogP contribution in [0.3, 0.4) is 0 Å². The number of piperazine rings is 1. The summed E-state index contributed by atoms with van der Waals surface area (Å²) in [6.45, 7) is 8.16. The third-order valence-corrected chi connectivity index (χ3v) is 9.89. The highest BCUT2D eigenvalue weighted by Gasteiger charge is 2.30. The lowest BCUT2D eigenvalue weighted by atomic mass is 9.88. The number of benzene rings is 2. The summed E-state index contributed by atoms with van der Waals surface area (Å²) >= 11 is 0. The average molecular weight is 598 g/mol. The summed E-state index contributed by atoms with van der Waals surface area (Å²) in [5, 5.41) is 6.89. The number of hydrogen-bond acceptors (Lipinski definition) is 7. The number of amides is 2. The van der Waals surface area contributed by atoms with E-state index in [0.29, 0.717) is 24.9 Å². The van der Waals surface area contributed by atoms with Crippen LogP contribution in [-0.2, 0) is 22.7 Å². The van der Waals surface area contributed by atoms with E-state index in [-0.39, 0.29) is 11.8 Å². The molecular weight excluding hydrogens is 550 g/mol. The van der Waals surface area contributed by atoms with Crippen LogP contribution in [0.1, 0.15) is 55.7 Å². The molecule has 3 aliphatic rings. The van der Waals surface area contributed by atoms with Gasteiger partial charge in [0.25, 0.3) is 5.91 Å². The van der Waals surface area contributed by atoms with Crippen molar-refractivity contribution in [1.82, 2.24) is 29.8 Å². The molecule has 9 heteroatoms. The lowest BCUT2D eigenvalue weighted by molar-refractivity contribution is -0.135. The second kappa shape index (κ2) is 14.5. The van der Waals surface area contributed by atoms with Crippen molar-refractivity contribution >= 4 is 17.5 Å². The molecular formula is C35H47N7O2. The molecule has 9 nitrogen and oxygen atoms in total. The first kappa shape index (κ1) is 30.5. The molecule has 3 heterocycles. The van der Waals surface area contributed by atoms with Gasteiger partial charge in [-0.2, -0.15) is 5.10 Å². The van der Waals surface area contributed by atoms with Gasteiger partial charge in [0, 0.05) is 77.1 Å². The number of piperidine rings is 1. The van der Waals surface area contributed by atoms with Crippen LogP contribution in [0.5, 0.6) is 0 Å². The fourth-order valence-electron chi connectivity index (χ4n) is 7.12. The standard InChI is InChI=1S/C35H47N7O2/c1-38(18-19-39-20-22-40(23-21-39)32-24-36-42(27-32)33-16-17-34(43)37-35(33)44)30-12-14-31(15-13-30)41(25-28-8-4-2-5-9-28)26-29-10-6-3-7-11-29/h2-11,24,27,30-31,33H,12-23,25-26H2,1H3,(H,37,43,44). The predicted molar refractivity (Wildman–Crippen MR) is 173 cm³/mol. The van der Waals surface area contributed by atoms with Crippen LogP contribution in [-0.4, -0.2) is 94.7 Å². The van der Waals surface area contributed by atoms with Crippen LogP contribution in [0.15, 0.2) is 73.1 Å². The van der Waals surface area contributed by atoms with Gasteiger partial charge in [-0.1, -0.05) is 60.7 Å². The van der Waals surface area contributed by atoms with Crippen molar-refractivity contribution in [3.63, 3.8) is 0 Å². The van der Waals surface area contributed by atoms with Gasteiger partial charge in [-0.3, -0.25) is 29.4 Å². The maximum atomic E-state index is 12.2. The first-order valence-corrected chi connectivity index (χ1v) is 16.4. The monoisotopic (exact) mass is 597 g/mol. The molecule has 3 aromatic rings. The minimum absolute atomic E-state index is 0.197. The minimum Gasteiger partial charge on any atom is -0.366 e. The van der Waals surface area contributed by atoms with E-state index >= 15 is 0 Å². The topological polar surface area (TPSA) is 77.0 Å². The first-order valence-electron chi connectivity index (χ1n) is 16.4. The first-order chi connectivity index (χ1) is 21.5. The summed E-state index contributed by atoms with van der Waals surface area (Å²) in [5.41, 5.74) is 3.84. The average Bonchev–Trinajstić information content (AvgIpc) is 3.55.